The van der Waals surface area contributed by atoms with E-state index in [4.69, 9.17) is 5.26 Å². The van der Waals surface area contributed by atoms with Crippen molar-refractivity contribution >= 4 is 24.2 Å². The van der Waals surface area contributed by atoms with Gasteiger partial charge in [0.15, 0.2) is 11.6 Å². The van der Waals surface area contributed by atoms with Crippen molar-refractivity contribution in [1.82, 2.24) is 0 Å². The molecule has 4 heteroatoms. The molecule has 92 valence electrons. The normalized spacial score (nSPS) is 11.6. The van der Waals surface area contributed by atoms with Crippen molar-refractivity contribution in [3.05, 3.63) is 70.8 Å². The maximum absolute atomic E-state index is 12.1. The van der Waals surface area contributed by atoms with Crippen LogP contribution in [-0.2, 0) is 0 Å². The summed E-state index contributed by atoms with van der Waals surface area (Å²) in [7, 11) is 0. The van der Waals surface area contributed by atoms with Gasteiger partial charge in [-0.05, 0) is 0 Å². The number of benzene rings is 2. The standard InChI is InChI=1S/C14H8O2.CHNS/c15-13-9-5-1-2-6-10(9)14(16)12-8-4-3-7-11(12)13;2-1-3/h1-8H;3H. The first-order valence-electron chi connectivity index (χ1n) is 5.51. The average Bonchev–Trinajstić information content (AvgIpc) is 2.46. The van der Waals surface area contributed by atoms with Crippen molar-refractivity contribution in [2.45, 2.75) is 0 Å². The smallest absolute Gasteiger partial charge is 0.194 e. The van der Waals surface area contributed by atoms with E-state index < -0.39 is 0 Å². The lowest BCUT2D eigenvalue weighted by Gasteiger charge is -2.16. The van der Waals surface area contributed by atoms with Gasteiger partial charge in [-0.1, -0.05) is 61.2 Å². The highest BCUT2D eigenvalue weighted by Crippen LogP contribution is 2.26. The van der Waals surface area contributed by atoms with Crippen molar-refractivity contribution in [1.29, 1.82) is 5.26 Å². The SMILES string of the molecule is N#CS.O=C1c2ccccc2C(=O)c2ccccc21. The highest BCUT2D eigenvalue weighted by molar-refractivity contribution is 7.85. The Morgan fingerprint density at radius 3 is 1.16 bits per heavy atom. The molecular weight excluding hydrogens is 258 g/mol. The van der Waals surface area contributed by atoms with Gasteiger partial charge in [-0.3, -0.25) is 9.59 Å². The average molecular weight is 267 g/mol. The summed E-state index contributed by atoms with van der Waals surface area (Å²) in [5.74, 6) is -0.128. The zero-order valence-corrected chi connectivity index (χ0v) is 10.7. The zero-order chi connectivity index (χ0) is 13.8. The number of nitrogens with zero attached hydrogens (tertiary/aromatic N) is 1. The molecule has 0 atom stereocenters. The summed E-state index contributed by atoms with van der Waals surface area (Å²) >= 11 is 3.09. The van der Waals surface area contributed by atoms with Crippen LogP contribution in [0.3, 0.4) is 0 Å². The Hall–Kier alpha value is -2.38. The van der Waals surface area contributed by atoms with Gasteiger partial charge in [0.1, 0.15) is 5.40 Å². The van der Waals surface area contributed by atoms with E-state index in [1.165, 1.54) is 5.40 Å². The fourth-order valence-corrected chi connectivity index (χ4v) is 2.05. The van der Waals surface area contributed by atoms with Crippen LogP contribution in [0.4, 0.5) is 0 Å². The molecule has 0 aliphatic heterocycles. The van der Waals surface area contributed by atoms with Gasteiger partial charge < -0.3 is 0 Å². The fraction of sp³-hybridized carbons (Fsp3) is 0. The Balaban J connectivity index is 0.000000408. The van der Waals surface area contributed by atoms with E-state index in [0.29, 0.717) is 22.3 Å². The largest absolute Gasteiger partial charge is 0.289 e. The predicted molar refractivity (Wildman–Crippen MR) is 74.3 cm³/mol. The number of thiol groups is 1. The van der Waals surface area contributed by atoms with Crippen molar-refractivity contribution in [3.8, 4) is 5.40 Å². The molecule has 0 spiro atoms. The Bertz CT molecular complexity index is 596. The number of hydrogen-bond acceptors (Lipinski definition) is 4. The van der Waals surface area contributed by atoms with Crippen LogP contribution in [0.2, 0.25) is 0 Å². The maximum atomic E-state index is 12.1. The summed E-state index contributed by atoms with van der Waals surface area (Å²) in [4.78, 5) is 24.2. The van der Waals surface area contributed by atoms with Crippen LogP contribution < -0.4 is 0 Å². The van der Waals surface area contributed by atoms with Crippen LogP contribution in [0.25, 0.3) is 0 Å². The molecule has 1 aliphatic rings. The van der Waals surface area contributed by atoms with E-state index in [9.17, 15) is 9.59 Å². The molecule has 2 aromatic rings. The van der Waals surface area contributed by atoms with E-state index >= 15 is 0 Å². The van der Waals surface area contributed by atoms with Crippen LogP contribution in [0.5, 0.6) is 0 Å². The third-order valence-corrected chi connectivity index (χ3v) is 2.83. The minimum Gasteiger partial charge on any atom is -0.289 e. The topological polar surface area (TPSA) is 57.9 Å². The van der Waals surface area contributed by atoms with Gasteiger partial charge in [-0.15, -0.1) is 0 Å². The zero-order valence-electron chi connectivity index (χ0n) is 9.83. The monoisotopic (exact) mass is 267 g/mol. The molecular formula is C15H9NO2S. The predicted octanol–water partition coefficient (Wildman–Crippen LogP) is 2.86. The molecule has 0 unspecified atom stereocenters. The highest BCUT2D eigenvalue weighted by atomic mass is 32.1. The van der Waals surface area contributed by atoms with E-state index in [-0.39, 0.29) is 11.6 Å². The molecule has 3 rings (SSSR count). The minimum atomic E-state index is -0.0641. The number of thiocyanates is 1. The molecule has 0 saturated heterocycles. The van der Waals surface area contributed by atoms with E-state index in [2.05, 4.69) is 12.6 Å². The molecule has 0 N–H and O–H groups in total. The molecule has 0 fully saturated rings. The number of hydrogen-bond donors (Lipinski definition) is 1. The third-order valence-electron chi connectivity index (χ3n) is 2.83. The lowest BCUT2D eigenvalue weighted by Crippen LogP contribution is -2.20. The molecule has 1 aliphatic carbocycles. The molecule has 19 heavy (non-hydrogen) atoms. The molecule has 0 saturated carbocycles. The number of carbonyl (C=O) groups is 2. The fourth-order valence-electron chi connectivity index (χ4n) is 2.05. The van der Waals surface area contributed by atoms with Gasteiger partial charge in [0.25, 0.3) is 0 Å². The van der Waals surface area contributed by atoms with E-state index in [1.54, 1.807) is 48.5 Å². The van der Waals surface area contributed by atoms with E-state index in [1.807, 2.05) is 0 Å². The van der Waals surface area contributed by atoms with Gasteiger partial charge in [-0.25, -0.2) is 0 Å². The second-order valence-corrected chi connectivity index (χ2v) is 4.05. The Morgan fingerprint density at radius 1 is 0.737 bits per heavy atom. The second-order valence-electron chi connectivity index (χ2n) is 3.85. The van der Waals surface area contributed by atoms with Gasteiger partial charge in [-0.2, -0.15) is 5.26 Å². The molecule has 0 aromatic heterocycles. The number of nitriles is 1. The Labute approximate surface area is 115 Å². The van der Waals surface area contributed by atoms with Crippen molar-refractivity contribution in [2.24, 2.45) is 0 Å². The van der Waals surface area contributed by atoms with Crippen LogP contribution in [0.15, 0.2) is 48.5 Å². The molecule has 0 radical (unpaired) electrons. The highest BCUT2D eigenvalue weighted by Gasteiger charge is 2.28. The van der Waals surface area contributed by atoms with Gasteiger partial charge in [0.05, 0.1) is 0 Å². The number of carbonyl (C=O) groups excluding carboxylic acids is 2. The number of fused-ring (bicyclic) bond motifs is 2. The van der Waals surface area contributed by atoms with Gasteiger partial charge >= 0.3 is 0 Å². The quantitative estimate of drug-likeness (QED) is 0.503. The first kappa shape index (κ1) is 13.1. The summed E-state index contributed by atoms with van der Waals surface area (Å²) in [6.07, 6.45) is 0. The molecule has 0 amide bonds. The number of rotatable bonds is 0. The van der Waals surface area contributed by atoms with Gasteiger partial charge in [0, 0.05) is 22.3 Å². The van der Waals surface area contributed by atoms with Crippen LogP contribution in [0.1, 0.15) is 31.8 Å². The molecule has 2 aromatic carbocycles. The molecule has 3 nitrogen and oxygen atoms in total. The summed E-state index contributed by atoms with van der Waals surface area (Å²) in [6, 6.07) is 13.9. The second kappa shape index (κ2) is 5.51. The third kappa shape index (κ3) is 2.28. The summed E-state index contributed by atoms with van der Waals surface area (Å²) in [5.41, 5.74) is 2.02. The van der Waals surface area contributed by atoms with Crippen LogP contribution in [-0.4, -0.2) is 11.6 Å². The van der Waals surface area contributed by atoms with E-state index in [0.717, 1.165) is 0 Å². The lowest BCUT2D eigenvalue weighted by molar-refractivity contribution is 0.0979. The summed E-state index contributed by atoms with van der Waals surface area (Å²) in [6.45, 7) is 0. The Kier molecular flexibility index (Phi) is 3.79. The van der Waals surface area contributed by atoms with Crippen LogP contribution in [0, 0.1) is 10.7 Å². The van der Waals surface area contributed by atoms with Crippen molar-refractivity contribution in [3.63, 3.8) is 0 Å². The van der Waals surface area contributed by atoms with Crippen LogP contribution >= 0.6 is 12.6 Å². The lowest BCUT2D eigenvalue weighted by atomic mass is 9.84. The first-order chi connectivity index (χ1) is 9.20. The maximum Gasteiger partial charge on any atom is 0.194 e. The first-order valence-corrected chi connectivity index (χ1v) is 5.96. The molecule has 0 bridgehead atoms. The summed E-state index contributed by atoms with van der Waals surface area (Å²) in [5, 5.41) is 8.63. The van der Waals surface area contributed by atoms with Gasteiger partial charge in [0.2, 0.25) is 0 Å². The number of ketones is 2. The van der Waals surface area contributed by atoms with Crippen molar-refractivity contribution in [2.75, 3.05) is 0 Å². The molecule has 0 heterocycles. The summed E-state index contributed by atoms with van der Waals surface area (Å²) < 4.78 is 0. The van der Waals surface area contributed by atoms with Crippen molar-refractivity contribution < 1.29 is 9.59 Å². The minimum absolute atomic E-state index is 0.0641. The Morgan fingerprint density at radius 2 is 0.947 bits per heavy atom.